The average Bonchev–Trinajstić information content (AvgIpc) is 2.52. The summed E-state index contributed by atoms with van der Waals surface area (Å²) in [5, 5.41) is 0. The monoisotopic (exact) mass is 267 g/mol. The van der Waals surface area contributed by atoms with Crippen molar-refractivity contribution < 1.29 is 13.2 Å². The van der Waals surface area contributed by atoms with Crippen LogP contribution in [0.5, 0.6) is 0 Å². The Balaban J connectivity index is 2.62. The Labute approximate surface area is 108 Å². The molecule has 0 bridgehead atoms. The second kappa shape index (κ2) is 4.09. The predicted octanol–water partition coefficient (Wildman–Crippen LogP) is 2.05. The standard InChI is InChI=1S/C13H17NO3S/c1-13(2,3)10-6-4-5-7-11(10)14-12(15)8-9-18(14,16)17/h4-7H,8-9H2,1-3H3. The minimum atomic E-state index is -3.49. The molecular formula is C13H17NO3S. The zero-order valence-electron chi connectivity index (χ0n) is 10.8. The quantitative estimate of drug-likeness (QED) is 0.782. The number of hydrogen-bond donors (Lipinski definition) is 0. The van der Waals surface area contributed by atoms with Crippen LogP contribution in [-0.2, 0) is 20.2 Å². The SMILES string of the molecule is CC(C)(C)c1ccccc1N1C(=O)CCS1(=O)=O. The number of nitrogens with zero attached hydrogens (tertiary/aromatic N) is 1. The fourth-order valence-corrected chi connectivity index (χ4v) is 3.61. The maximum absolute atomic E-state index is 12.0. The molecule has 98 valence electrons. The van der Waals surface area contributed by atoms with Crippen LogP contribution in [-0.4, -0.2) is 20.1 Å². The Kier molecular flexibility index (Phi) is 2.97. The molecule has 0 spiro atoms. The highest BCUT2D eigenvalue weighted by molar-refractivity contribution is 7.94. The number of rotatable bonds is 1. The molecule has 1 aromatic rings. The molecule has 1 amide bonds. The number of carbonyl (C=O) groups excluding carboxylic acids is 1. The first-order valence-electron chi connectivity index (χ1n) is 5.89. The fourth-order valence-electron chi connectivity index (χ4n) is 2.13. The van der Waals surface area contributed by atoms with E-state index in [1.165, 1.54) is 0 Å². The highest BCUT2D eigenvalue weighted by Crippen LogP contribution is 2.35. The average molecular weight is 267 g/mol. The molecule has 0 N–H and O–H groups in total. The maximum atomic E-state index is 12.0. The summed E-state index contributed by atoms with van der Waals surface area (Å²) in [5.41, 5.74) is 1.14. The minimum absolute atomic E-state index is 0.0702. The van der Waals surface area contributed by atoms with Crippen molar-refractivity contribution in [2.24, 2.45) is 0 Å². The van der Waals surface area contributed by atoms with Gasteiger partial charge in [0, 0.05) is 6.42 Å². The van der Waals surface area contributed by atoms with Crippen molar-refractivity contribution in [1.29, 1.82) is 0 Å². The number of sulfonamides is 1. The van der Waals surface area contributed by atoms with E-state index < -0.39 is 10.0 Å². The zero-order chi connectivity index (χ0) is 13.6. The van der Waals surface area contributed by atoms with E-state index in [1.807, 2.05) is 32.9 Å². The van der Waals surface area contributed by atoms with Gasteiger partial charge in [-0.15, -0.1) is 0 Å². The molecule has 4 nitrogen and oxygen atoms in total. The van der Waals surface area contributed by atoms with E-state index in [2.05, 4.69) is 0 Å². The van der Waals surface area contributed by atoms with Gasteiger partial charge in [-0.1, -0.05) is 39.0 Å². The van der Waals surface area contributed by atoms with Crippen LogP contribution in [0.4, 0.5) is 5.69 Å². The molecule has 1 aliphatic rings. The largest absolute Gasteiger partial charge is 0.273 e. The van der Waals surface area contributed by atoms with Gasteiger partial charge in [-0.2, -0.15) is 0 Å². The van der Waals surface area contributed by atoms with Gasteiger partial charge >= 0.3 is 0 Å². The van der Waals surface area contributed by atoms with Crippen molar-refractivity contribution in [3.63, 3.8) is 0 Å². The second-order valence-electron chi connectivity index (χ2n) is 5.49. The molecule has 1 heterocycles. The number of benzene rings is 1. The van der Waals surface area contributed by atoms with E-state index in [1.54, 1.807) is 12.1 Å². The molecule has 2 rings (SSSR count). The molecule has 0 atom stereocenters. The van der Waals surface area contributed by atoms with E-state index in [4.69, 9.17) is 0 Å². The van der Waals surface area contributed by atoms with Crippen LogP contribution in [0.25, 0.3) is 0 Å². The van der Waals surface area contributed by atoms with Gasteiger partial charge in [-0.3, -0.25) is 4.79 Å². The lowest BCUT2D eigenvalue weighted by Gasteiger charge is -2.26. The first-order valence-corrected chi connectivity index (χ1v) is 7.50. The molecule has 0 aromatic heterocycles. The molecule has 0 aliphatic carbocycles. The molecule has 1 saturated heterocycles. The van der Waals surface area contributed by atoms with E-state index in [0.717, 1.165) is 9.87 Å². The van der Waals surface area contributed by atoms with Crippen LogP contribution in [0, 0.1) is 0 Å². The molecule has 0 saturated carbocycles. The Hall–Kier alpha value is -1.36. The Morgan fingerprint density at radius 1 is 1.17 bits per heavy atom. The van der Waals surface area contributed by atoms with Crippen molar-refractivity contribution in [2.75, 3.05) is 10.1 Å². The van der Waals surface area contributed by atoms with Crippen LogP contribution in [0.1, 0.15) is 32.8 Å². The molecule has 1 aliphatic heterocycles. The van der Waals surface area contributed by atoms with Gasteiger partial charge in [0.15, 0.2) is 0 Å². The Bertz CT molecular complexity index is 584. The third-order valence-corrected chi connectivity index (χ3v) is 4.69. The first-order chi connectivity index (χ1) is 8.23. The summed E-state index contributed by atoms with van der Waals surface area (Å²) in [5.74, 6) is -0.434. The Morgan fingerprint density at radius 3 is 2.28 bits per heavy atom. The molecule has 1 aromatic carbocycles. The van der Waals surface area contributed by atoms with Gasteiger partial charge in [0.2, 0.25) is 15.9 Å². The van der Waals surface area contributed by atoms with Crippen molar-refractivity contribution >= 4 is 21.6 Å². The smallest absolute Gasteiger partial charge is 0.242 e. The topological polar surface area (TPSA) is 54.5 Å². The van der Waals surface area contributed by atoms with Gasteiger partial charge in [-0.05, 0) is 17.0 Å². The van der Waals surface area contributed by atoms with Gasteiger partial charge in [-0.25, -0.2) is 12.7 Å². The third-order valence-electron chi connectivity index (χ3n) is 3.01. The lowest BCUT2D eigenvalue weighted by molar-refractivity contribution is -0.116. The van der Waals surface area contributed by atoms with Crippen molar-refractivity contribution in [3.8, 4) is 0 Å². The molecule has 5 heteroatoms. The molecule has 0 unspecified atom stereocenters. The molecular weight excluding hydrogens is 250 g/mol. The summed E-state index contributed by atoms with van der Waals surface area (Å²) in [6.45, 7) is 6.00. The van der Waals surface area contributed by atoms with Crippen LogP contribution in [0.15, 0.2) is 24.3 Å². The summed E-state index contributed by atoms with van der Waals surface area (Å²) >= 11 is 0. The Morgan fingerprint density at radius 2 is 1.78 bits per heavy atom. The summed E-state index contributed by atoms with van der Waals surface area (Å²) in [6.07, 6.45) is 0.0702. The molecule has 1 fully saturated rings. The third kappa shape index (κ3) is 2.14. The van der Waals surface area contributed by atoms with E-state index in [-0.39, 0.29) is 23.5 Å². The fraction of sp³-hybridized carbons (Fsp3) is 0.462. The lowest BCUT2D eigenvalue weighted by Crippen LogP contribution is -2.31. The summed E-state index contributed by atoms with van der Waals surface area (Å²) in [6, 6.07) is 7.18. The number of carbonyl (C=O) groups is 1. The van der Waals surface area contributed by atoms with Crippen LogP contribution < -0.4 is 4.31 Å². The summed E-state index contributed by atoms with van der Waals surface area (Å²) in [4.78, 5) is 11.8. The van der Waals surface area contributed by atoms with Crippen LogP contribution >= 0.6 is 0 Å². The van der Waals surface area contributed by atoms with E-state index >= 15 is 0 Å². The number of hydrogen-bond acceptors (Lipinski definition) is 3. The van der Waals surface area contributed by atoms with Gasteiger partial charge < -0.3 is 0 Å². The van der Waals surface area contributed by atoms with Gasteiger partial charge in [0.05, 0.1) is 11.4 Å². The van der Waals surface area contributed by atoms with Crippen LogP contribution in [0.2, 0.25) is 0 Å². The van der Waals surface area contributed by atoms with Crippen molar-refractivity contribution in [2.45, 2.75) is 32.6 Å². The van der Waals surface area contributed by atoms with Gasteiger partial charge in [0.1, 0.15) is 0 Å². The summed E-state index contributed by atoms with van der Waals surface area (Å²) < 4.78 is 24.9. The normalized spacial score (nSPS) is 19.3. The van der Waals surface area contributed by atoms with E-state index in [0.29, 0.717) is 5.69 Å². The highest BCUT2D eigenvalue weighted by atomic mass is 32.2. The number of anilines is 1. The van der Waals surface area contributed by atoms with Gasteiger partial charge in [0.25, 0.3) is 0 Å². The summed E-state index contributed by atoms with van der Waals surface area (Å²) in [7, 11) is -3.49. The second-order valence-corrected chi connectivity index (χ2v) is 7.43. The van der Waals surface area contributed by atoms with E-state index in [9.17, 15) is 13.2 Å². The number of para-hydroxylation sites is 1. The highest BCUT2D eigenvalue weighted by Gasteiger charge is 2.38. The van der Waals surface area contributed by atoms with Crippen molar-refractivity contribution in [3.05, 3.63) is 29.8 Å². The van der Waals surface area contributed by atoms with Crippen molar-refractivity contribution in [1.82, 2.24) is 0 Å². The first kappa shape index (κ1) is 13.1. The maximum Gasteiger partial charge on any atom is 0.242 e. The van der Waals surface area contributed by atoms with Crippen LogP contribution in [0.3, 0.4) is 0 Å². The lowest BCUT2D eigenvalue weighted by atomic mass is 9.86. The predicted molar refractivity (Wildman–Crippen MR) is 71.0 cm³/mol. The molecule has 0 radical (unpaired) electrons. The number of amides is 1. The molecule has 18 heavy (non-hydrogen) atoms. The minimum Gasteiger partial charge on any atom is -0.273 e. The zero-order valence-corrected chi connectivity index (χ0v) is 11.6.